The molecule has 19 heavy (non-hydrogen) atoms. The van der Waals surface area contributed by atoms with Crippen molar-refractivity contribution in [3.63, 3.8) is 0 Å². The molecule has 2 aromatic heterocycles. The fourth-order valence-electron chi connectivity index (χ4n) is 1.80. The Morgan fingerprint density at radius 2 is 2.05 bits per heavy atom. The van der Waals surface area contributed by atoms with Crippen LogP contribution in [0.4, 0.5) is 0 Å². The van der Waals surface area contributed by atoms with Crippen LogP contribution in [0.5, 0.6) is 0 Å². The average molecular weight is 288 g/mol. The van der Waals surface area contributed by atoms with Crippen molar-refractivity contribution in [3.8, 4) is 9.88 Å². The zero-order valence-electron chi connectivity index (χ0n) is 10.3. The first kappa shape index (κ1) is 12.3. The summed E-state index contributed by atoms with van der Waals surface area (Å²) in [5, 5.41) is 3.78. The average Bonchev–Trinajstić information content (AvgIpc) is 3.05. The fraction of sp³-hybridized carbons (Fsp3) is 0.143. The van der Waals surface area contributed by atoms with Gasteiger partial charge in [0.1, 0.15) is 5.01 Å². The third kappa shape index (κ3) is 2.39. The zero-order valence-corrected chi connectivity index (χ0v) is 12.0. The van der Waals surface area contributed by atoms with Crippen molar-refractivity contribution < 1.29 is 4.79 Å². The third-order valence-electron chi connectivity index (χ3n) is 2.67. The van der Waals surface area contributed by atoms with E-state index >= 15 is 0 Å². The number of hydrogen-bond donors (Lipinski definition) is 1. The van der Waals surface area contributed by atoms with Gasteiger partial charge in [-0.3, -0.25) is 4.79 Å². The number of thiazole rings is 1. The highest BCUT2D eigenvalue weighted by Gasteiger charge is 2.12. The molecule has 5 heteroatoms. The molecular weight excluding hydrogens is 276 g/mol. The van der Waals surface area contributed by atoms with Gasteiger partial charge >= 0.3 is 0 Å². The summed E-state index contributed by atoms with van der Waals surface area (Å²) in [4.78, 5) is 18.1. The predicted molar refractivity (Wildman–Crippen MR) is 80.9 cm³/mol. The Balaban J connectivity index is 1.96. The quantitative estimate of drug-likeness (QED) is 0.797. The van der Waals surface area contributed by atoms with Crippen molar-refractivity contribution in [2.45, 2.75) is 6.92 Å². The van der Waals surface area contributed by atoms with Gasteiger partial charge in [-0.15, -0.1) is 22.7 Å². The number of amides is 1. The van der Waals surface area contributed by atoms with Crippen molar-refractivity contribution >= 4 is 38.8 Å². The predicted octanol–water partition coefficient (Wildman–Crippen LogP) is 3.77. The van der Waals surface area contributed by atoms with Gasteiger partial charge in [0.25, 0.3) is 5.91 Å². The number of para-hydroxylation sites is 1. The Kier molecular flexibility index (Phi) is 3.31. The van der Waals surface area contributed by atoms with E-state index in [-0.39, 0.29) is 5.91 Å². The Labute approximate surface area is 118 Å². The maximum Gasteiger partial charge on any atom is 0.261 e. The molecule has 0 saturated carbocycles. The second kappa shape index (κ2) is 5.11. The number of nitrogens with one attached hydrogen (secondary N) is 1. The van der Waals surface area contributed by atoms with Crippen LogP contribution in [0.2, 0.25) is 0 Å². The molecule has 1 aromatic carbocycles. The van der Waals surface area contributed by atoms with Crippen LogP contribution in [0.3, 0.4) is 0 Å². The van der Waals surface area contributed by atoms with Crippen molar-refractivity contribution in [3.05, 3.63) is 41.3 Å². The minimum atomic E-state index is -0.0140. The number of aromatic nitrogens is 1. The molecule has 3 nitrogen and oxygen atoms in total. The number of fused-ring (bicyclic) bond motifs is 1. The highest BCUT2D eigenvalue weighted by atomic mass is 32.1. The number of rotatable bonds is 3. The van der Waals surface area contributed by atoms with Crippen LogP contribution in [0.25, 0.3) is 20.1 Å². The van der Waals surface area contributed by atoms with E-state index in [1.807, 2.05) is 37.3 Å². The SMILES string of the molecule is CCNC(=O)c1ccc(-c2nc3ccccc3s2)s1. The highest BCUT2D eigenvalue weighted by Crippen LogP contribution is 2.34. The maximum atomic E-state index is 11.7. The van der Waals surface area contributed by atoms with Crippen molar-refractivity contribution in [2.24, 2.45) is 0 Å². The number of benzene rings is 1. The minimum Gasteiger partial charge on any atom is -0.352 e. The Morgan fingerprint density at radius 1 is 1.21 bits per heavy atom. The van der Waals surface area contributed by atoms with Crippen LogP contribution in [0.15, 0.2) is 36.4 Å². The third-order valence-corrected chi connectivity index (χ3v) is 4.96. The molecular formula is C14H12N2OS2. The van der Waals surface area contributed by atoms with Gasteiger partial charge < -0.3 is 5.32 Å². The maximum absolute atomic E-state index is 11.7. The second-order valence-electron chi connectivity index (χ2n) is 4.01. The summed E-state index contributed by atoms with van der Waals surface area (Å²) in [5.74, 6) is -0.0140. The van der Waals surface area contributed by atoms with Gasteiger partial charge in [-0.2, -0.15) is 0 Å². The van der Waals surface area contributed by atoms with Crippen molar-refractivity contribution in [1.82, 2.24) is 10.3 Å². The van der Waals surface area contributed by atoms with Gasteiger partial charge in [0.15, 0.2) is 0 Å². The molecule has 0 aliphatic heterocycles. The molecule has 0 spiro atoms. The molecule has 0 saturated heterocycles. The molecule has 1 N–H and O–H groups in total. The van der Waals surface area contributed by atoms with Gasteiger partial charge in [0.2, 0.25) is 0 Å². The van der Waals surface area contributed by atoms with E-state index in [0.717, 1.165) is 20.3 Å². The molecule has 0 aliphatic carbocycles. The van der Waals surface area contributed by atoms with Gasteiger partial charge in [0.05, 0.1) is 20.0 Å². The monoisotopic (exact) mass is 288 g/mol. The van der Waals surface area contributed by atoms with Crippen LogP contribution in [0, 0.1) is 0 Å². The second-order valence-corrected chi connectivity index (χ2v) is 6.12. The van der Waals surface area contributed by atoms with Crippen LogP contribution >= 0.6 is 22.7 Å². The van der Waals surface area contributed by atoms with E-state index in [2.05, 4.69) is 16.4 Å². The van der Waals surface area contributed by atoms with Crippen LogP contribution in [-0.4, -0.2) is 17.4 Å². The molecule has 0 fully saturated rings. The lowest BCUT2D eigenvalue weighted by Gasteiger charge is -1.96. The standard InChI is InChI=1S/C14H12N2OS2/c1-2-15-13(17)11-7-8-12(18-11)14-16-9-5-3-4-6-10(9)19-14/h3-8H,2H2,1H3,(H,15,17). The van der Waals surface area contributed by atoms with Crippen LogP contribution < -0.4 is 5.32 Å². The molecule has 0 unspecified atom stereocenters. The largest absolute Gasteiger partial charge is 0.352 e. The lowest BCUT2D eigenvalue weighted by Crippen LogP contribution is -2.21. The summed E-state index contributed by atoms with van der Waals surface area (Å²) in [6.45, 7) is 2.56. The van der Waals surface area contributed by atoms with Crippen molar-refractivity contribution in [1.29, 1.82) is 0 Å². The van der Waals surface area contributed by atoms with Gasteiger partial charge in [-0.25, -0.2) is 4.98 Å². The summed E-state index contributed by atoms with van der Waals surface area (Å²) in [6, 6.07) is 11.9. The number of carbonyl (C=O) groups excluding carboxylic acids is 1. The summed E-state index contributed by atoms with van der Waals surface area (Å²) < 4.78 is 1.17. The first-order valence-corrected chi connectivity index (χ1v) is 7.65. The van der Waals surface area contributed by atoms with Gasteiger partial charge in [-0.05, 0) is 31.2 Å². The summed E-state index contributed by atoms with van der Waals surface area (Å²) in [7, 11) is 0. The Morgan fingerprint density at radius 3 is 2.84 bits per heavy atom. The summed E-state index contributed by atoms with van der Waals surface area (Å²) >= 11 is 3.14. The Hall–Kier alpha value is -1.72. The van der Waals surface area contributed by atoms with Gasteiger partial charge in [-0.1, -0.05) is 12.1 Å². The molecule has 2 heterocycles. The number of thiophene rings is 1. The smallest absolute Gasteiger partial charge is 0.261 e. The van der Waals surface area contributed by atoms with E-state index in [9.17, 15) is 4.79 Å². The van der Waals surface area contributed by atoms with E-state index < -0.39 is 0 Å². The normalized spacial score (nSPS) is 10.8. The van der Waals surface area contributed by atoms with Gasteiger partial charge in [0, 0.05) is 6.54 Å². The van der Waals surface area contributed by atoms with Crippen LogP contribution in [-0.2, 0) is 0 Å². The minimum absolute atomic E-state index is 0.0140. The van der Waals surface area contributed by atoms with E-state index in [1.165, 1.54) is 16.0 Å². The number of carbonyl (C=O) groups is 1. The van der Waals surface area contributed by atoms with E-state index in [1.54, 1.807) is 11.3 Å². The molecule has 0 radical (unpaired) electrons. The first-order chi connectivity index (χ1) is 9.28. The number of hydrogen-bond acceptors (Lipinski definition) is 4. The molecule has 1 amide bonds. The summed E-state index contributed by atoms with van der Waals surface area (Å²) in [6.07, 6.45) is 0. The van der Waals surface area contributed by atoms with E-state index in [4.69, 9.17) is 0 Å². The lowest BCUT2D eigenvalue weighted by atomic mass is 10.3. The molecule has 0 atom stereocenters. The van der Waals surface area contributed by atoms with E-state index in [0.29, 0.717) is 6.54 Å². The molecule has 0 aliphatic rings. The zero-order chi connectivity index (χ0) is 13.2. The Bertz CT molecular complexity index is 697. The fourth-order valence-corrected chi connectivity index (χ4v) is 3.74. The first-order valence-electron chi connectivity index (χ1n) is 6.02. The van der Waals surface area contributed by atoms with Crippen molar-refractivity contribution in [2.75, 3.05) is 6.54 Å². The molecule has 3 rings (SSSR count). The van der Waals surface area contributed by atoms with Crippen LogP contribution in [0.1, 0.15) is 16.6 Å². The molecule has 0 bridgehead atoms. The highest BCUT2D eigenvalue weighted by molar-refractivity contribution is 7.26. The lowest BCUT2D eigenvalue weighted by molar-refractivity contribution is 0.0960. The molecule has 3 aromatic rings. The molecule has 96 valence electrons. The topological polar surface area (TPSA) is 42.0 Å². The number of nitrogens with zero attached hydrogens (tertiary/aromatic N) is 1. The summed E-state index contributed by atoms with van der Waals surface area (Å²) in [5.41, 5.74) is 1.01.